The maximum Gasteiger partial charge on any atom is 0.274 e. The topological polar surface area (TPSA) is 126 Å². The zero-order valence-electron chi connectivity index (χ0n) is 34.0. The molecule has 0 spiro atoms. The first-order chi connectivity index (χ1) is 26.7. The molecule has 2 aromatic rings. The van der Waals surface area contributed by atoms with Gasteiger partial charge in [-0.25, -0.2) is 0 Å². The summed E-state index contributed by atoms with van der Waals surface area (Å²) in [7, 11) is 0. The summed E-state index contributed by atoms with van der Waals surface area (Å²) in [6, 6.07) is 14.1. The van der Waals surface area contributed by atoms with Crippen molar-refractivity contribution in [2.45, 2.75) is 154 Å². The summed E-state index contributed by atoms with van der Waals surface area (Å²) in [5.41, 5.74) is 21.0. The minimum absolute atomic E-state index is 0.198. The van der Waals surface area contributed by atoms with Crippen LogP contribution in [0.5, 0.6) is 0 Å². The molecule has 8 heteroatoms. The molecule has 0 radical (unpaired) electrons. The van der Waals surface area contributed by atoms with E-state index in [0.717, 1.165) is 86.8 Å². The van der Waals surface area contributed by atoms with Gasteiger partial charge in [0.15, 0.2) is 0 Å². The van der Waals surface area contributed by atoms with Gasteiger partial charge < -0.3 is 22.1 Å². The smallest absolute Gasteiger partial charge is 0.274 e. The molecule has 0 saturated heterocycles. The standard InChI is InChI=1S/C47H68N6O2/c1-4-7-37-29-41(18-12-35(37)11-8-32(5-2)28-33-9-14-39(48)15-10-33)51-46(54)44-31-45(50-25-22-34(44)6-3)47(55)52-42-19-13-36-23-26-53(27-24-38(36)30-42)43-20-16-40(49)17-21-43/h12-13,18-19,25,29-33,39-40,43H,4-11,14-17,20-24,26-28,48-49H2,1-3H3,(H,51,54)(H,52,55). The second-order valence-electron chi connectivity index (χ2n) is 17.0. The summed E-state index contributed by atoms with van der Waals surface area (Å²) < 4.78 is 0. The van der Waals surface area contributed by atoms with Crippen molar-refractivity contribution in [3.63, 3.8) is 0 Å². The van der Waals surface area contributed by atoms with E-state index in [4.69, 9.17) is 11.5 Å². The van der Waals surface area contributed by atoms with E-state index in [9.17, 15) is 9.59 Å². The van der Waals surface area contributed by atoms with Crippen LogP contribution in [0.2, 0.25) is 0 Å². The van der Waals surface area contributed by atoms with E-state index in [1.165, 1.54) is 80.0 Å². The number of anilines is 2. The van der Waals surface area contributed by atoms with Gasteiger partial charge in [-0.05, 0) is 161 Å². The van der Waals surface area contributed by atoms with Gasteiger partial charge in [0.1, 0.15) is 5.70 Å². The summed E-state index contributed by atoms with van der Waals surface area (Å²) in [6.45, 7) is 8.70. The summed E-state index contributed by atoms with van der Waals surface area (Å²) in [6.07, 6.45) is 23.0. The Morgan fingerprint density at radius 2 is 1.47 bits per heavy atom. The number of nitrogens with two attached hydrogens (primary N) is 2. The van der Waals surface area contributed by atoms with Crippen LogP contribution in [0, 0.1) is 11.8 Å². The number of nitrogens with one attached hydrogen (secondary N) is 2. The summed E-state index contributed by atoms with van der Waals surface area (Å²) in [4.78, 5) is 34.9. The minimum Gasteiger partial charge on any atom is -0.328 e. The Kier molecular flexibility index (Phi) is 14.9. The number of aliphatic imine (C=N–C) groups is 1. The largest absolute Gasteiger partial charge is 0.328 e. The van der Waals surface area contributed by atoms with E-state index in [2.05, 4.69) is 71.6 Å². The van der Waals surface area contributed by atoms with E-state index in [-0.39, 0.29) is 17.5 Å². The highest BCUT2D eigenvalue weighted by Crippen LogP contribution is 2.33. The van der Waals surface area contributed by atoms with Gasteiger partial charge in [0.05, 0.1) is 0 Å². The minimum atomic E-state index is -0.306. The zero-order valence-corrected chi connectivity index (χ0v) is 34.0. The Hall–Kier alpha value is -3.59. The van der Waals surface area contributed by atoms with Crippen LogP contribution in [-0.2, 0) is 35.3 Å². The summed E-state index contributed by atoms with van der Waals surface area (Å²) in [5.74, 6) is 1.05. The van der Waals surface area contributed by atoms with E-state index < -0.39 is 0 Å². The van der Waals surface area contributed by atoms with Gasteiger partial charge in [-0.1, -0.05) is 51.3 Å². The number of carbonyl (C=O) groups excluding carboxylic acids is 2. The Balaban J connectivity index is 1.09. The number of carbonyl (C=O) groups is 2. The third-order valence-electron chi connectivity index (χ3n) is 13.1. The highest BCUT2D eigenvalue weighted by atomic mass is 16.2. The average Bonchev–Trinajstić information content (AvgIpc) is 3.55. The third-order valence-corrected chi connectivity index (χ3v) is 13.1. The SMILES string of the molecule is CCCc1cc(NC(=O)C2=C(CC)CC=NC(C(=O)Nc3ccc4c(c3)CCN(C3CCC(N)CC3)CC4)=C2)ccc1CCC(CC)CC1CCC(N)CC1. The van der Waals surface area contributed by atoms with Crippen molar-refractivity contribution >= 4 is 29.4 Å². The van der Waals surface area contributed by atoms with Crippen molar-refractivity contribution in [1.29, 1.82) is 0 Å². The molecule has 2 amide bonds. The van der Waals surface area contributed by atoms with E-state index in [0.29, 0.717) is 36.5 Å². The maximum atomic E-state index is 14.0. The number of fused-ring (bicyclic) bond motifs is 1. The first-order valence-corrected chi connectivity index (χ1v) is 21.8. The maximum absolute atomic E-state index is 14.0. The van der Waals surface area contributed by atoms with Crippen LogP contribution in [-0.4, -0.2) is 54.1 Å². The van der Waals surface area contributed by atoms with Crippen LogP contribution in [0.1, 0.15) is 133 Å². The van der Waals surface area contributed by atoms with Crippen molar-refractivity contribution in [2.75, 3.05) is 23.7 Å². The normalized spacial score (nSPS) is 24.0. The quantitative estimate of drug-likeness (QED) is 0.154. The van der Waals surface area contributed by atoms with Gasteiger partial charge in [-0.15, -0.1) is 0 Å². The monoisotopic (exact) mass is 749 g/mol. The van der Waals surface area contributed by atoms with Gasteiger partial charge >= 0.3 is 0 Å². The molecule has 1 atom stereocenters. The molecule has 2 saturated carbocycles. The molecule has 1 unspecified atom stereocenters. The van der Waals surface area contributed by atoms with Crippen molar-refractivity contribution < 1.29 is 9.59 Å². The van der Waals surface area contributed by atoms with Crippen LogP contribution in [0.4, 0.5) is 11.4 Å². The van der Waals surface area contributed by atoms with Crippen LogP contribution in [0.25, 0.3) is 0 Å². The van der Waals surface area contributed by atoms with Gasteiger partial charge in [0, 0.05) is 60.8 Å². The van der Waals surface area contributed by atoms with Crippen LogP contribution in [0.15, 0.2) is 64.3 Å². The molecule has 2 heterocycles. The lowest BCUT2D eigenvalue weighted by Crippen LogP contribution is -2.42. The molecule has 8 nitrogen and oxygen atoms in total. The van der Waals surface area contributed by atoms with Crippen molar-refractivity contribution in [3.8, 4) is 0 Å². The molecule has 0 bridgehead atoms. The summed E-state index contributed by atoms with van der Waals surface area (Å²) in [5, 5.41) is 6.29. The molecule has 2 fully saturated rings. The van der Waals surface area contributed by atoms with E-state index in [1.807, 2.05) is 6.07 Å². The number of rotatable bonds is 14. The number of amides is 2. The number of benzene rings is 2. The lowest BCUT2D eigenvalue weighted by molar-refractivity contribution is -0.113. The van der Waals surface area contributed by atoms with Crippen LogP contribution < -0.4 is 22.1 Å². The molecule has 4 aliphatic rings. The molecule has 6 N–H and O–H groups in total. The molecule has 2 aliphatic carbocycles. The Labute approximate surface area is 331 Å². The predicted octanol–water partition coefficient (Wildman–Crippen LogP) is 8.82. The second-order valence-corrected chi connectivity index (χ2v) is 17.0. The number of aryl methyl sites for hydroxylation is 2. The lowest BCUT2D eigenvalue weighted by atomic mass is 9.79. The fourth-order valence-electron chi connectivity index (χ4n) is 9.56. The second kappa shape index (κ2) is 20.0. The van der Waals surface area contributed by atoms with Gasteiger partial charge in [-0.2, -0.15) is 0 Å². The molecule has 298 valence electrons. The van der Waals surface area contributed by atoms with Gasteiger partial charge in [0.2, 0.25) is 0 Å². The van der Waals surface area contributed by atoms with Gasteiger partial charge in [-0.3, -0.25) is 19.5 Å². The molecular weight excluding hydrogens is 681 g/mol. The molecular formula is C47H68N6O2. The van der Waals surface area contributed by atoms with Crippen molar-refractivity contribution in [3.05, 3.63) is 81.6 Å². The Morgan fingerprint density at radius 1 is 0.800 bits per heavy atom. The highest BCUT2D eigenvalue weighted by Gasteiger charge is 2.27. The molecule has 0 aromatic heterocycles. The number of hydrogen-bond acceptors (Lipinski definition) is 6. The Morgan fingerprint density at radius 3 is 2.18 bits per heavy atom. The molecule has 2 aromatic carbocycles. The molecule has 2 aliphatic heterocycles. The van der Waals surface area contributed by atoms with Crippen LogP contribution >= 0.6 is 0 Å². The van der Waals surface area contributed by atoms with Crippen molar-refractivity contribution in [2.24, 2.45) is 28.3 Å². The zero-order chi connectivity index (χ0) is 38.7. The summed E-state index contributed by atoms with van der Waals surface area (Å²) >= 11 is 0. The van der Waals surface area contributed by atoms with Crippen molar-refractivity contribution in [1.82, 2.24) is 4.90 Å². The Bertz CT molecular complexity index is 1710. The molecule has 6 rings (SSSR count). The highest BCUT2D eigenvalue weighted by molar-refractivity contribution is 6.11. The first kappa shape index (κ1) is 41.1. The predicted molar refractivity (Wildman–Crippen MR) is 229 cm³/mol. The van der Waals surface area contributed by atoms with Crippen LogP contribution in [0.3, 0.4) is 0 Å². The number of nitrogens with zero attached hydrogens (tertiary/aromatic N) is 2. The number of allylic oxidation sites excluding steroid dienone is 1. The number of hydrogen-bond donors (Lipinski definition) is 4. The third kappa shape index (κ3) is 11.3. The molecule has 55 heavy (non-hydrogen) atoms. The fraction of sp³-hybridized carbons (Fsp3) is 0.596. The van der Waals surface area contributed by atoms with E-state index >= 15 is 0 Å². The lowest BCUT2D eigenvalue weighted by Gasteiger charge is -2.35. The van der Waals surface area contributed by atoms with Gasteiger partial charge in [0.25, 0.3) is 11.8 Å². The van der Waals surface area contributed by atoms with E-state index in [1.54, 1.807) is 12.3 Å². The fourth-order valence-corrected chi connectivity index (χ4v) is 9.56. The average molecular weight is 749 g/mol. The first-order valence-electron chi connectivity index (χ1n) is 21.8.